The molecule has 0 saturated heterocycles. The summed E-state index contributed by atoms with van der Waals surface area (Å²) in [4.78, 5) is 0.375. The molecule has 1 aromatic carbocycles. The summed E-state index contributed by atoms with van der Waals surface area (Å²) in [5.74, 6) is 0.801. The summed E-state index contributed by atoms with van der Waals surface area (Å²) in [5, 5.41) is 11.7. The number of thioether (sulfide) groups is 1. The number of sulfone groups is 1. The van der Waals surface area contributed by atoms with Gasteiger partial charge in [-0.05, 0) is 29.0 Å². The molecule has 0 N–H and O–H groups in total. The summed E-state index contributed by atoms with van der Waals surface area (Å²) in [7, 11) is -1.43. The van der Waals surface area contributed by atoms with Crippen molar-refractivity contribution in [3.05, 3.63) is 30.3 Å². The lowest BCUT2D eigenvalue weighted by Gasteiger charge is -2.03. The SMILES string of the molecule is Cn1nnnc1SCCCS(=O)(=O)c1ccccc1. The van der Waals surface area contributed by atoms with Crippen LogP contribution in [0.25, 0.3) is 0 Å². The van der Waals surface area contributed by atoms with Crippen molar-refractivity contribution >= 4 is 21.6 Å². The molecular formula is C11H14N4O2S2. The smallest absolute Gasteiger partial charge is 0.209 e. The van der Waals surface area contributed by atoms with Crippen LogP contribution in [0.5, 0.6) is 0 Å². The Kier molecular flexibility index (Phi) is 4.54. The molecule has 1 heterocycles. The largest absolute Gasteiger partial charge is 0.224 e. The van der Waals surface area contributed by atoms with E-state index in [0.717, 1.165) is 0 Å². The maximum absolute atomic E-state index is 12.0. The fourth-order valence-corrected chi connectivity index (χ4v) is 3.81. The van der Waals surface area contributed by atoms with Crippen LogP contribution >= 0.6 is 11.8 Å². The van der Waals surface area contributed by atoms with Crippen molar-refractivity contribution in [3.63, 3.8) is 0 Å². The predicted molar refractivity (Wildman–Crippen MR) is 72.6 cm³/mol. The number of nitrogens with zero attached hydrogens (tertiary/aromatic N) is 4. The summed E-state index contributed by atoms with van der Waals surface area (Å²) in [6.07, 6.45) is 0.564. The van der Waals surface area contributed by atoms with E-state index in [1.165, 1.54) is 11.8 Å². The highest BCUT2D eigenvalue weighted by molar-refractivity contribution is 7.99. The molecule has 2 aromatic rings. The number of aryl methyl sites for hydroxylation is 1. The maximum atomic E-state index is 12.0. The van der Waals surface area contributed by atoms with Gasteiger partial charge in [0.1, 0.15) is 0 Å². The first kappa shape index (κ1) is 14.0. The molecule has 0 aliphatic heterocycles. The number of aromatic nitrogens is 4. The van der Waals surface area contributed by atoms with Crippen LogP contribution in [-0.4, -0.2) is 40.1 Å². The molecule has 0 atom stereocenters. The molecule has 0 bridgehead atoms. The van der Waals surface area contributed by atoms with Gasteiger partial charge in [-0.2, -0.15) is 0 Å². The number of tetrazole rings is 1. The Bertz CT molecular complexity index is 625. The molecule has 8 heteroatoms. The molecule has 1 aromatic heterocycles. The average Bonchev–Trinajstić information content (AvgIpc) is 2.81. The normalized spacial score (nSPS) is 11.6. The lowest BCUT2D eigenvalue weighted by molar-refractivity contribution is 0.595. The zero-order valence-corrected chi connectivity index (χ0v) is 12.1. The standard InChI is InChI=1S/C11H14N4O2S2/c1-15-11(12-13-14-15)18-8-5-9-19(16,17)10-6-3-2-4-7-10/h2-4,6-7H,5,8-9H2,1H3. The molecule has 0 amide bonds. The van der Waals surface area contributed by atoms with Gasteiger partial charge in [0.15, 0.2) is 9.84 Å². The Balaban J connectivity index is 1.84. The van der Waals surface area contributed by atoms with E-state index in [9.17, 15) is 8.42 Å². The third-order valence-electron chi connectivity index (χ3n) is 2.47. The molecule has 0 saturated carbocycles. The highest BCUT2D eigenvalue weighted by Gasteiger charge is 2.13. The Morgan fingerprint density at radius 1 is 1.26 bits per heavy atom. The van der Waals surface area contributed by atoms with Crippen LogP contribution in [0.4, 0.5) is 0 Å². The Morgan fingerprint density at radius 2 is 2.00 bits per heavy atom. The quantitative estimate of drug-likeness (QED) is 0.588. The van der Waals surface area contributed by atoms with E-state index in [4.69, 9.17) is 0 Å². The first-order valence-corrected chi connectivity index (χ1v) is 8.36. The number of benzene rings is 1. The molecule has 0 aliphatic carbocycles. The first-order valence-electron chi connectivity index (χ1n) is 5.72. The van der Waals surface area contributed by atoms with Crippen LogP contribution in [0.1, 0.15) is 6.42 Å². The lowest BCUT2D eigenvalue weighted by Crippen LogP contribution is -2.07. The summed E-state index contributed by atoms with van der Waals surface area (Å²) >= 11 is 1.45. The van der Waals surface area contributed by atoms with Crippen LogP contribution in [0.2, 0.25) is 0 Å². The van der Waals surface area contributed by atoms with E-state index in [2.05, 4.69) is 15.5 Å². The van der Waals surface area contributed by atoms with Gasteiger partial charge in [-0.1, -0.05) is 30.0 Å². The van der Waals surface area contributed by atoms with E-state index in [1.807, 2.05) is 0 Å². The van der Waals surface area contributed by atoms with Crippen molar-refractivity contribution in [2.24, 2.45) is 7.05 Å². The molecule has 0 unspecified atom stereocenters. The zero-order valence-electron chi connectivity index (χ0n) is 10.4. The van der Waals surface area contributed by atoms with Gasteiger partial charge in [-0.15, -0.1) is 5.10 Å². The van der Waals surface area contributed by atoms with Gasteiger partial charge < -0.3 is 0 Å². The molecule has 0 radical (unpaired) electrons. The molecule has 102 valence electrons. The van der Waals surface area contributed by atoms with E-state index in [1.54, 1.807) is 42.1 Å². The second-order valence-corrected chi connectivity index (χ2v) is 7.09. The van der Waals surface area contributed by atoms with Crippen molar-refractivity contribution in [1.29, 1.82) is 0 Å². The van der Waals surface area contributed by atoms with Crippen molar-refractivity contribution in [1.82, 2.24) is 20.2 Å². The van der Waals surface area contributed by atoms with E-state index in [0.29, 0.717) is 22.2 Å². The minimum Gasteiger partial charge on any atom is -0.224 e. The summed E-state index contributed by atoms with van der Waals surface area (Å²) in [6.45, 7) is 0. The highest BCUT2D eigenvalue weighted by Crippen LogP contribution is 2.16. The Morgan fingerprint density at radius 3 is 2.63 bits per heavy atom. The first-order chi connectivity index (χ1) is 9.09. The van der Waals surface area contributed by atoms with Gasteiger partial charge in [0.25, 0.3) is 0 Å². The second-order valence-electron chi connectivity index (χ2n) is 3.92. The highest BCUT2D eigenvalue weighted by atomic mass is 32.2. The molecule has 2 rings (SSSR count). The second kappa shape index (κ2) is 6.16. The zero-order chi connectivity index (χ0) is 13.7. The van der Waals surface area contributed by atoms with Crippen LogP contribution in [0.3, 0.4) is 0 Å². The summed E-state index contributed by atoms with van der Waals surface area (Å²) < 4.78 is 25.6. The van der Waals surface area contributed by atoms with Crippen molar-refractivity contribution < 1.29 is 8.42 Å². The summed E-state index contributed by atoms with van der Waals surface area (Å²) in [5.41, 5.74) is 0. The average molecular weight is 298 g/mol. The fourth-order valence-electron chi connectivity index (χ4n) is 1.50. The van der Waals surface area contributed by atoms with Crippen molar-refractivity contribution in [3.8, 4) is 0 Å². The summed E-state index contributed by atoms with van der Waals surface area (Å²) in [6, 6.07) is 8.50. The van der Waals surface area contributed by atoms with Gasteiger partial charge in [0.2, 0.25) is 5.16 Å². The number of hydrogen-bond donors (Lipinski definition) is 0. The van der Waals surface area contributed by atoms with E-state index < -0.39 is 9.84 Å². The fraction of sp³-hybridized carbons (Fsp3) is 0.364. The van der Waals surface area contributed by atoms with Crippen LogP contribution in [-0.2, 0) is 16.9 Å². The lowest BCUT2D eigenvalue weighted by atomic mass is 10.4. The molecule has 0 aliphatic rings. The molecule has 19 heavy (non-hydrogen) atoms. The van der Waals surface area contributed by atoms with Gasteiger partial charge in [0.05, 0.1) is 10.6 Å². The minimum absolute atomic E-state index is 0.134. The maximum Gasteiger partial charge on any atom is 0.209 e. The van der Waals surface area contributed by atoms with Gasteiger partial charge in [0, 0.05) is 12.8 Å². The third kappa shape index (κ3) is 3.77. The van der Waals surface area contributed by atoms with Crippen LogP contribution in [0.15, 0.2) is 40.4 Å². The topological polar surface area (TPSA) is 77.7 Å². The number of hydrogen-bond acceptors (Lipinski definition) is 6. The Labute approximate surface area is 116 Å². The molecule has 0 fully saturated rings. The van der Waals surface area contributed by atoms with Crippen molar-refractivity contribution in [2.45, 2.75) is 16.5 Å². The molecule has 6 nitrogen and oxygen atoms in total. The van der Waals surface area contributed by atoms with Crippen LogP contribution in [0, 0.1) is 0 Å². The van der Waals surface area contributed by atoms with Gasteiger partial charge in [-0.3, -0.25) is 0 Å². The predicted octanol–water partition coefficient (Wildman–Crippen LogP) is 1.17. The minimum atomic E-state index is -3.18. The Hall–Kier alpha value is -1.41. The molecular weight excluding hydrogens is 284 g/mol. The van der Waals surface area contributed by atoms with Crippen LogP contribution < -0.4 is 0 Å². The number of rotatable bonds is 6. The van der Waals surface area contributed by atoms with Crippen molar-refractivity contribution in [2.75, 3.05) is 11.5 Å². The van der Waals surface area contributed by atoms with E-state index >= 15 is 0 Å². The van der Waals surface area contributed by atoms with Gasteiger partial charge >= 0.3 is 0 Å². The monoisotopic (exact) mass is 298 g/mol. The van der Waals surface area contributed by atoms with E-state index in [-0.39, 0.29) is 5.75 Å². The third-order valence-corrected chi connectivity index (χ3v) is 5.39. The molecule has 0 spiro atoms. The van der Waals surface area contributed by atoms with Gasteiger partial charge in [-0.25, -0.2) is 13.1 Å².